The van der Waals surface area contributed by atoms with E-state index in [1.807, 2.05) is 24.3 Å². The topological polar surface area (TPSA) is 48.1 Å². The molecule has 0 atom stereocenters. The Hall–Kier alpha value is -1.87. The number of aryl methyl sites for hydroxylation is 2. The highest BCUT2D eigenvalue weighted by molar-refractivity contribution is 5.33. The first-order valence-electron chi connectivity index (χ1n) is 6.02. The van der Waals surface area contributed by atoms with E-state index in [-0.39, 0.29) is 0 Å². The molecule has 3 heteroatoms. The first-order chi connectivity index (χ1) is 8.67. The number of ether oxygens (including phenoxy) is 1. The van der Waals surface area contributed by atoms with Gasteiger partial charge in [0.1, 0.15) is 12.4 Å². The minimum absolute atomic E-state index is 0.480. The first kappa shape index (κ1) is 12.6. The van der Waals surface area contributed by atoms with Crippen LogP contribution in [0.2, 0.25) is 0 Å². The predicted octanol–water partition coefficient (Wildman–Crippen LogP) is 2.74. The van der Waals surface area contributed by atoms with Crippen LogP contribution in [0.25, 0.3) is 0 Å². The molecule has 0 fully saturated rings. The van der Waals surface area contributed by atoms with Crippen LogP contribution in [-0.4, -0.2) is 4.98 Å². The molecule has 94 valence electrons. The van der Waals surface area contributed by atoms with Gasteiger partial charge in [-0.25, -0.2) is 0 Å². The average molecular weight is 242 g/mol. The number of benzene rings is 1. The van der Waals surface area contributed by atoms with E-state index in [0.29, 0.717) is 13.2 Å². The molecule has 0 radical (unpaired) electrons. The van der Waals surface area contributed by atoms with Crippen molar-refractivity contribution in [2.75, 3.05) is 0 Å². The van der Waals surface area contributed by atoms with Gasteiger partial charge < -0.3 is 10.5 Å². The number of hydrogen-bond donors (Lipinski definition) is 1. The zero-order chi connectivity index (χ0) is 13.0. The van der Waals surface area contributed by atoms with Crippen molar-refractivity contribution in [2.45, 2.75) is 27.0 Å². The maximum atomic E-state index is 5.73. The van der Waals surface area contributed by atoms with Gasteiger partial charge in [-0.3, -0.25) is 4.98 Å². The Morgan fingerprint density at radius 3 is 2.39 bits per heavy atom. The van der Waals surface area contributed by atoms with Crippen LogP contribution in [0.4, 0.5) is 0 Å². The molecule has 2 aromatic rings. The summed E-state index contributed by atoms with van der Waals surface area (Å²) in [4.78, 5) is 4.30. The van der Waals surface area contributed by atoms with Crippen LogP contribution < -0.4 is 10.5 Å². The fourth-order valence-electron chi connectivity index (χ4n) is 1.83. The van der Waals surface area contributed by atoms with Gasteiger partial charge in [0.05, 0.1) is 5.69 Å². The molecule has 0 aliphatic heterocycles. The monoisotopic (exact) mass is 242 g/mol. The number of pyridine rings is 1. The lowest BCUT2D eigenvalue weighted by atomic mass is 10.1. The molecule has 0 unspecified atom stereocenters. The lowest BCUT2D eigenvalue weighted by Crippen LogP contribution is -2.01. The second kappa shape index (κ2) is 5.65. The van der Waals surface area contributed by atoms with Gasteiger partial charge in [0.15, 0.2) is 0 Å². The van der Waals surface area contributed by atoms with Crippen molar-refractivity contribution in [3.05, 3.63) is 58.9 Å². The van der Waals surface area contributed by atoms with Gasteiger partial charge >= 0.3 is 0 Å². The summed E-state index contributed by atoms with van der Waals surface area (Å²) in [6.07, 6.45) is 1.79. The van der Waals surface area contributed by atoms with Crippen molar-refractivity contribution in [2.24, 2.45) is 5.73 Å². The number of hydrogen-bond acceptors (Lipinski definition) is 3. The van der Waals surface area contributed by atoms with Crippen molar-refractivity contribution in [1.29, 1.82) is 0 Å². The predicted molar refractivity (Wildman–Crippen MR) is 72.4 cm³/mol. The number of nitrogens with two attached hydrogens (primary N) is 1. The van der Waals surface area contributed by atoms with Gasteiger partial charge in [-0.15, -0.1) is 0 Å². The summed E-state index contributed by atoms with van der Waals surface area (Å²) < 4.78 is 5.73. The Kier molecular flexibility index (Phi) is 3.95. The minimum Gasteiger partial charge on any atom is -0.487 e. The quantitative estimate of drug-likeness (QED) is 0.896. The molecule has 2 rings (SSSR count). The third-order valence-electron chi connectivity index (χ3n) is 2.70. The van der Waals surface area contributed by atoms with E-state index in [2.05, 4.69) is 24.9 Å². The molecule has 18 heavy (non-hydrogen) atoms. The van der Waals surface area contributed by atoms with E-state index in [1.165, 1.54) is 11.1 Å². The van der Waals surface area contributed by atoms with Crippen molar-refractivity contribution in [1.82, 2.24) is 4.98 Å². The second-order valence-electron chi connectivity index (χ2n) is 4.47. The zero-order valence-corrected chi connectivity index (χ0v) is 10.8. The van der Waals surface area contributed by atoms with Crippen LogP contribution >= 0.6 is 0 Å². The van der Waals surface area contributed by atoms with Gasteiger partial charge in [-0.1, -0.05) is 12.1 Å². The third-order valence-corrected chi connectivity index (χ3v) is 2.70. The number of nitrogens with zero attached hydrogens (tertiary/aromatic N) is 1. The van der Waals surface area contributed by atoms with Gasteiger partial charge in [-0.2, -0.15) is 0 Å². The molecule has 0 saturated carbocycles. The summed E-state index contributed by atoms with van der Waals surface area (Å²) in [6, 6.07) is 10.1. The smallest absolute Gasteiger partial charge is 0.130 e. The van der Waals surface area contributed by atoms with E-state index in [0.717, 1.165) is 17.0 Å². The lowest BCUT2D eigenvalue weighted by Gasteiger charge is -2.08. The van der Waals surface area contributed by atoms with Gasteiger partial charge in [-0.05, 0) is 48.7 Å². The zero-order valence-electron chi connectivity index (χ0n) is 10.8. The van der Waals surface area contributed by atoms with Gasteiger partial charge in [0, 0.05) is 12.7 Å². The van der Waals surface area contributed by atoms with Gasteiger partial charge in [0.25, 0.3) is 0 Å². The summed E-state index contributed by atoms with van der Waals surface area (Å²) in [7, 11) is 0. The highest BCUT2D eigenvalue weighted by Gasteiger charge is 1.99. The Morgan fingerprint density at radius 2 is 1.83 bits per heavy atom. The standard InChI is InChI=1S/C15H18N2O/c1-11-5-12(2)7-15(6-11)18-10-14-4-3-13(8-16)9-17-14/h3-7,9H,8,10,16H2,1-2H3. The van der Waals surface area contributed by atoms with Crippen LogP contribution in [0.3, 0.4) is 0 Å². The average Bonchev–Trinajstić information content (AvgIpc) is 2.36. The largest absolute Gasteiger partial charge is 0.487 e. The molecule has 2 N–H and O–H groups in total. The lowest BCUT2D eigenvalue weighted by molar-refractivity contribution is 0.301. The molecule has 1 heterocycles. The summed E-state index contributed by atoms with van der Waals surface area (Å²) in [5.74, 6) is 0.886. The second-order valence-corrected chi connectivity index (χ2v) is 4.47. The summed E-state index contributed by atoms with van der Waals surface area (Å²) in [5.41, 5.74) is 9.88. The van der Waals surface area contributed by atoms with E-state index in [4.69, 9.17) is 10.5 Å². The fourth-order valence-corrected chi connectivity index (χ4v) is 1.83. The van der Waals surface area contributed by atoms with Crippen LogP contribution in [0.15, 0.2) is 36.5 Å². The Balaban J connectivity index is 2.01. The summed E-state index contributed by atoms with van der Waals surface area (Å²) >= 11 is 0. The molecule has 0 aliphatic rings. The maximum absolute atomic E-state index is 5.73. The van der Waals surface area contributed by atoms with Crippen LogP contribution in [0.1, 0.15) is 22.4 Å². The summed E-state index contributed by atoms with van der Waals surface area (Å²) in [6.45, 7) is 5.13. The number of aromatic nitrogens is 1. The molecule has 1 aromatic carbocycles. The third kappa shape index (κ3) is 3.31. The van der Waals surface area contributed by atoms with Gasteiger partial charge in [0.2, 0.25) is 0 Å². The maximum Gasteiger partial charge on any atom is 0.130 e. The first-order valence-corrected chi connectivity index (χ1v) is 6.02. The Labute approximate surface area is 108 Å². The molecular formula is C15H18N2O. The number of rotatable bonds is 4. The van der Waals surface area contributed by atoms with Crippen LogP contribution in [0, 0.1) is 13.8 Å². The molecule has 0 saturated heterocycles. The molecule has 0 amide bonds. The Bertz CT molecular complexity index is 500. The highest BCUT2D eigenvalue weighted by Crippen LogP contribution is 2.17. The molecule has 0 spiro atoms. The fraction of sp³-hybridized carbons (Fsp3) is 0.267. The van der Waals surface area contributed by atoms with Crippen molar-refractivity contribution in [3.63, 3.8) is 0 Å². The van der Waals surface area contributed by atoms with Crippen molar-refractivity contribution in [3.8, 4) is 5.75 Å². The van der Waals surface area contributed by atoms with E-state index in [9.17, 15) is 0 Å². The summed E-state index contributed by atoms with van der Waals surface area (Å²) in [5, 5.41) is 0. The van der Waals surface area contributed by atoms with Crippen molar-refractivity contribution >= 4 is 0 Å². The molecule has 1 aromatic heterocycles. The van der Waals surface area contributed by atoms with E-state index in [1.54, 1.807) is 6.20 Å². The minimum atomic E-state index is 0.480. The normalized spacial score (nSPS) is 10.4. The van der Waals surface area contributed by atoms with Crippen LogP contribution in [-0.2, 0) is 13.2 Å². The molecule has 0 bridgehead atoms. The molecular weight excluding hydrogens is 224 g/mol. The Morgan fingerprint density at radius 1 is 1.11 bits per heavy atom. The molecule has 3 nitrogen and oxygen atoms in total. The van der Waals surface area contributed by atoms with Crippen LogP contribution in [0.5, 0.6) is 5.75 Å². The SMILES string of the molecule is Cc1cc(C)cc(OCc2ccc(CN)cn2)c1. The van der Waals surface area contributed by atoms with Crippen molar-refractivity contribution < 1.29 is 4.74 Å². The van der Waals surface area contributed by atoms with E-state index >= 15 is 0 Å². The highest BCUT2D eigenvalue weighted by atomic mass is 16.5. The molecule has 0 aliphatic carbocycles. The van der Waals surface area contributed by atoms with E-state index < -0.39 is 0 Å².